The van der Waals surface area contributed by atoms with Crippen LogP contribution in [-0.2, 0) is 0 Å². The Morgan fingerprint density at radius 2 is 0.946 bits per heavy atom. The molecule has 0 aliphatic carbocycles. The predicted molar refractivity (Wildman–Crippen MR) is 230 cm³/mol. The Labute approximate surface area is 317 Å². The van der Waals surface area contributed by atoms with E-state index >= 15 is 0 Å². The highest BCUT2D eigenvalue weighted by molar-refractivity contribution is 6.35. The topological polar surface area (TPSA) is 53.2 Å². The van der Waals surface area contributed by atoms with Crippen molar-refractivity contribution in [3.63, 3.8) is 0 Å². The van der Waals surface area contributed by atoms with E-state index in [4.69, 9.17) is 14.4 Å². The zero-order valence-corrected chi connectivity index (χ0v) is 29.7. The maximum atomic E-state index is 6.67. The first-order valence-electron chi connectivity index (χ1n) is 19.0. The van der Waals surface area contributed by atoms with Gasteiger partial charge < -0.3 is 8.82 Å². The van der Waals surface area contributed by atoms with Crippen LogP contribution in [0.1, 0.15) is 0 Å². The van der Waals surface area contributed by atoms with E-state index in [0.29, 0.717) is 11.7 Å². The predicted octanol–water partition coefficient (Wildman–Crippen LogP) is 12.9. The Bertz CT molecular complexity index is 3960. The Balaban J connectivity index is 1.22. The number of hydrogen-bond acceptors (Lipinski definition) is 3. The first-order valence-corrected chi connectivity index (χ1v) is 19.0. The van der Waals surface area contributed by atoms with Crippen LogP contribution in [0.2, 0.25) is 0 Å². The quantitative estimate of drug-likeness (QED) is 0.179. The SMILES string of the molecule is c1ccc2c(c1)ccc1c3cc4c5ccccc5n(-c5nc(-n6c7ccccc7c7ccccc76)c6c(n5)oc5ccccc56)c4c4c5ccccc5n(c21)c34. The normalized spacial score (nSPS) is 12.6. The molecule has 0 spiro atoms. The van der Waals surface area contributed by atoms with Gasteiger partial charge in [0.15, 0.2) is 5.82 Å². The molecule has 0 bridgehead atoms. The third kappa shape index (κ3) is 3.39. The van der Waals surface area contributed by atoms with Gasteiger partial charge in [0, 0.05) is 53.9 Å². The van der Waals surface area contributed by atoms with Gasteiger partial charge in [-0.25, -0.2) is 0 Å². The second kappa shape index (κ2) is 10.1. The number of nitrogens with zero attached hydrogens (tertiary/aromatic N) is 5. The Morgan fingerprint density at radius 1 is 0.375 bits per heavy atom. The fourth-order valence-electron chi connectivity index (χ4n) is 9.97. The molecule has 258 valence electrons. The molecule has 0 radical (unpaired) electrons. The summed E-state index contributed by atoms with van der Waals surface area (Å²) in [4.78, 5) is 11.0. The van der Waals surface area contributed by atoms with Gasteiger partial charge in [-0.05, 0) is 41.8 Å². The van der Waals surface area contributed by atoms with Gasteiger partial charge in [-0.1, -0.05) is 127 Å². The highest BCUT2D eigenvalue weighted by atomic mass is 16.3. The van der Waals surface area contributed by atoms with Crippen molar-refractivity contribution in [1.29, 1.82) is 0 Å². The van der Waals surface area contributed by atoms with Crippen LogP contribution in [0.15, 0.2) is 168 Å². The lowest BCUT2D eigenvalue weighted by Gasteiger charge is -2.12. The zero-order valence-electron chi connectivity index (χ0n) is 29.7. The molecule has 0 saturated carbocycles. The maximum Gasteiger partial charge on any atom is 0.240 e. The molecular weight excluding hydrogens is 687 g/mol. The molecule has 0 atom stereocenters. The summed E-state index contributed by atoms with van der Waals surface area (Å²) in [5, 5.41) is 13.9. The highest BCUT2D eigenvalue weighted by Crippen LogP contribution is 2.48. The molecule has 0 amide bonds. The number of rotatable bonds is 2. The van der Waals surface area contributed by atoms with E-state index in [-0.39, 0.29) is 0 Å². The molecule has 14 aromatic rings. The Kier molecular flexibility index (Phi) is 5.18. The minimum absolute atomic E-state index is 0.553. The minimum atomic E-state index is 0.553. The summed E-state index contributed by atoms with van der Waals surface area (Å²) in [7, 11) is 0. The summed E-state index contributed by atoms with van der Waals surface area (Å²) in [6.07, 6.45) is 0. The number of benzene rings is 8. The average molecular weight is 714 g/mol. The summed E-state index contributed by atoms with van der Waals surface area (Å²) in [6, 6.07) is 58.6. The second-order valence-electron chi connectivity index (χ2n) is 14.9. The summed E-state index contributed by atoms with van der Waals surface area (Å²) in [6.45, 7) is 0. The van der Waals surface area contributed by atoms with Gasteiger partial charge in [0.25, 0.3) is 0 Å². The van der Waals surface area contributed by atoms with E-state index in [2.05, 4.69) is 165 Å². The summed E-state index contributed by atoms with van der Waals surface area (Å²) < 4.78 is 13.7. The molecule has 0 aliphatic heterocycles. The Morgan fingerprint density at radius 3 is 1.70 bits per heavy atom. The van der Waals surface area contributed by atoms with E-state index in [9.17, 15) is 0 Å². The standard InChI is InChI=1S/C50H27N5O/c1-2-14-29-28(13-1)25-26-33-37-27-36-32-17-5-10-22-40(32)55(47(36)43-34-18-6-11-23-41(34)54(45(29)33)46(37)43)50-51-48(44-35-19-7-12-24-42(35)56-49(44)52-50)53-38-20-8-3-15-30(38)31-16-4-9-21-39(31)53/h1-27H. The lowest BCUT2D eigenvalue weighted by atomic mass is 10.0. The van der Waals surface area contributed by atoms with E-state index in [1.165, 1.54) is 65.0 Å². The third-order valence-electron chi connectivity index (χ3n) is 12.2. The van der Waals surface area contributed by atoms with Crippen molar-refractivity contribution in [2.24, 2.45) is 0 Å². The fourth-order valence-corrected chi connectivity index (χ4v) is 9.97. The van der Waals surface area contributed by atoms with Crippen LogP contribution in [-0.4, -0.2) is 23.5 Å². The van der Waals surface area contributed by atoms with Crippen molar-refractivity contribution in [3.05, 3.63) is 164 Å². The van der Waals surface area contributed by atoms with Gasteiger partial charge in [0.2, 0.25) is 11.7 Å². The lowest BCUT2D eigenvalue weighted by Crippen LogP contribution is -2.06. The van der Waals surface area contributed by atoms with Gasteiger partial charge in [0.05, 0.1) is 44.0 Å². The van der Waals surface area contributed by atoms with Crippen LogP contribution in [0, 0.1) is 0 Å². The average Bonchev–Trinajstić information content (AvgIpc) is 4.05. The van der Waals surface area contributed by atoms with E-state index in [1.54, 1.807) is 0 Å². The van der Waals surface area contributed by atoms with Gasteiger partial charge >= 0.3 is 0 Å². The van der Waals surface area contributed by atoms with Crippen molar-refractivity contribution in [2.45, 2.75) is 0 Å². The molecule has 6 aromatic heterocycles. The number of hydrogen-bond donors (Lipinski definition) is 0. The molecule has 6 heterocycles. The van der Waals surface area contributed by atoms with E-state index in [1.807, 2.05) is 12.1 Å². The maximum absolute atomic E-state index is 6.67. The molecule has 0 fully saturated rings. The van der Waals surface area contributed by atoms with E-state index in [0.717, 1.165) is 49.6 Å². The molecule has 0 unspecified atom stereocenters. The molecule has 6 nitrogen and oxygen atoms in total. The minimum Gasteiger partial charge on any atom is -0.437 e. The van der Waals surface area contributed by atoms with Crippen molar-refractivity contribution in [2.75, 3.05) is 0 Å². The first kappa shape index (κ1) is 28.8. The fraction of sp³-hybridized carbons (Fsp3) is 0. The van der Waals surface area contributed by atoms with Crippen LogP contribution in [0.5, 0.6) is 0 Å². The first-order chi connectivity index (χ1) is 27.8. The number of aromatic nitrogens is 5. The van der Waals surface area contributed by atoms with Crippen molar-refractivity contribution < 1.29 is 4.42 Å². The van der Waals surface area contributed by atoms with Crippen LogP contribution in [0.3, 0.4) is 0 Å². The molecule has 0 aliphatic rings. The number of para-hydroxylation sites is 5. The molecule has 0 saturated heterocycles. The van der Waals surface area contributed by atoms with Crippen molar-refractivity contribution >= 4 is 115 Å². The number of furan rings is 1. The Hall–Kier alpha value is -7.70. The molecule has 6 heteroatoms. The monoisotopic (exact) mass is 713 g/mol. The second-order valence-corrected chi connectivity index (χ2v) is 14.9. The van der Waals surface area contributed by atoms with Crippen molar-refractivity contribution in [3.8, 4) is 11.8 Å². The molecule has 14 rings (SSSR count). The van der Waals surface area contributed by atoms with Crippen molar-refractivity contribution in [1.82, 2.24) is 23.5 Å². The summed E-state index contributed by atoms with van der Waals surface area (Å²) >= 11 is 0. The van der Waals surface area contributed by atoms with Gasteiger partial charge in [0.1, 0.15) is 5.58 Å². The van der Waals surface area contributed by atoms with E-state index < -0.39 is 0 Å². The number of fused-ring (bicyclic) bond motifs is 18. The molecule has 0 N–H and O–H groups in total. The summed E-state index contributed by atoms with van der Waals surface area (Å²) in [5.74, 6) is 1.35. The van der Waals surface area contributed by atoms with Gasteiger partial charge in [-0.2, -0.15) is 9.97 Å². The molecule has 56 heavy (non-hydrogen) atoms. The van der Waals surface area contributed by atoms with Crippen LogP contribution < -0.4 is 0 Å². The van der Waals surface area contributed by atoms with Gasteiger partial charge in [-0.15, -0.1) is 0 Å². The lowest BCUT2D eigenvalue weighted by molar-refractivity contribution is 0.650. The largest absolute Gasteiger partial charge is 0.437 e. The zero-order chi connectivity index (χ0) is 36.2. The van der Waals surface area contributed by atoms with Gasteiger partial charge in [-0.3, -0.25) is 9.13 Å². The molecular formula is C50H27N5O. The molecule has 8 aromatic carbocycles. The third-order valence-corrected chi connectivity index (χ3v) is 12.2. The summed E-state index contributed by atoms with van der Waals surface area (Å²) in [5.41, 5.74) is 9.25. The van der Waals surface area contributed by atoms with Crippen LogP contribution >= 0.6 is 0 Å². The van der Waals surface area contributed by atoms with Crippen LogP contribution in [0.25, 0.3) is 126 Å². The highest BCUT2D eigenvalue weighted by Gasteiger charge is 2.28. The van der Waals surface area contributed by atoms with Crippen LogP contribution in [0.4, 0.5) is 0 Å². The smallest absolute Gasteiger partial charge is 0.240 e.